The minimum absolute atomic E-state index is 0.00960. The summed E-state index contributed by atoms with van der Waals surface area (Å²) in [5, 5.41) is 2.77. The fourth-order valence-electron chi connectivity index (χ4n) is 12.1. The van der Waals surface area contributed by atoms with Gasteiger partial charge < -0.3 is 9.47 Å². The van der Waals surface area contributed by atoms with Crippen molar-refractivity contribution in [3.8, 4) is 5.69 Å². The van der Waals surface area contributed by atoms with Gasteiger partial charge in [-0.2, -0.15) is 0 Å². The second kappa shape index (κ2) is 11.0. The Labute approximate surface area is 336 Å². The van der Waals surface area contributed by atoms with Crippen LogP contribution in [0.1, 0.15) is 149 Å². The highest BCUT2D eigenvalue weighted by Crippen LogP contribution is 2.63. The molecule has 5 aromatic carbocycles. The fourth-order valence-corrected chi connectivity index (χ4v) is 12.1. The largest absolute Gasteiger partial charge is 0.334 e. The Hall–Kier alpha value is -4.24. The molecule has 4 heterocycles. The zero-order chi connectivity index (χ0) is 39.7. The van der Waals surface area contributed by atoms with Crippen LogP contribution < -0.4 is 21.3 Å². The van der Waals surface area contributed by atoms with Crippen molar-refractivity contribution < 1.29 is 0 Å². The number of hydrogen-bond donors (Lipinski definition) is 0. The standard InChI is InChI=1S/C53H61BN2/c1-48(2,3)32-19-22-35(23-20-32)56-42-26-24-39-44(45(42)52(12)27-14-15-28-53(52,56)13)51(10,11)38-17-16-18-43-46(38)54(39)40-31-34(50(7,8)9)30-37-36-29-33(49(4,5)6)21-25-41(36)55(43)47(37)40/h16-26,29-31H,14-15,27-28H2,1-13H3. The highest BCUT2D eigenvalue weighted by atomic mass is 15.3. The normalized spacial score (nSPS) is 22.3. The molecule has 56 heavy (non-hydrogen) atoms. The number of anilines is 2. The summed E-state index contributed by atoms with van der Waals surface area (Å²) < 4.78 is 2.64. The van der Waals surface area contributed by atoms with E-state index >= 15 is 0 Å². The quantitative estimate of drug-likeness (QED) is 0.152. The molecule has 0 amide bonds. The molecule has 1 aromatic heterocycles. The molecule has 286 valence electrons. The maximum Gasteiger partial charge on any atom is 0.247 e. The first-order valence-electron chi connectivity index (χ1n) is 21.5. The summed E-state index contributed by atoms with van der Waals surface area (Å²) >= 11 is 0. The van der Waals surface area contributed by atoms with Crippen molar-refractivity contribution in [2.45, 2.75) is 148 Å². The molecule has 3 aliphatic heterocycles. The molecule has 2 unspecified atom stereocenters. The predicted octanol–water partition coefficient (Wildman–Crippen LogP) is 11.9. The summed E-state index contributed by atoms with van der Waals surface area (Å²) in [4.78, 5) is 2.79. The molecular formula is C53H61BN2. The van der Waals surface area contributed by atoms with Gasteiger partial charge in [-0.3, -0.25) is 0 Å². The van der Waals surface area contributed by atoms with Crippen molar-refractivity contribution in [1.82, 2.24) is 4.57 Å². The first-order valence-corrected chi connectivity index (χ1v) is 21.5. The van der Waals surface area contributed by atoms with E-state index in [1.165, 1.54) is 103 Å². The van der Waals surface area contributed by atoms with Gasteiger partial charge >= 0.3 is 0 Å². The highest BCUT2D eigenvalue weighted by Gasteiger charge is 2.61. The van der Waals surface area contributed by atoms with Gasteiger partial charge in [-0.15, -0.1) is 0 Å². The molecule has 6 aromatic rings. The maximum atomic E-state index is 2.79. The second-order valence-corrected chi connectivity index (χ2v) is 22.2. The summed E-state index contributed by atoms with van der Waals surface area (Å²) in [5.41, 5.74) is 20.2. The number of nitrogens with zero attached hydrogens (tertiary/aromatic N) is 2. The van der Waals surface area contributed by atoms with Crippen molar-refractivity contribution in [2.24, 2.45) is 0 Å². The van der Waals surface area contributed by atoms with Gasteiger partial charge in [-0.1, -0.05) is 144 Å². The third kappa shape index (κ3) is 4.52. The van der Waals surface area contributed by atoms with Crippen LogP contribution >= 0.6 is 0 Å². The Morgan fingerprint density at radius 3 is 1.89 bits per heavy atom. The summed E-state index contributed by atoms with van der Waals surface area (Å²) in [6.45, 7) is 31.7. The zero-order valence-corrected chi connectivity index (χ0v) is 36.4. The molecule has 0 radical (unpaired) electrons. The summed E-state index contributed by atoms with van der Waals surface area (Å²) in [6.07, 6.45) is 4.96. The molecule has 2 nitrogen and oxygen atoms in total. The third-order valence-electron chi connectivity index (χ3n) is 15.4. The predicted molar refractivity (Wildman–Crippen MR) is 243 cm³/mol. The topological polar surface area (TPSA) is 8.17 Å². The molecule has 3 heteroatoms. The van der Waals surface area contributed by atoms with Crippen LogP contribution in [0.25, 0.3) is 27.5 Å². The Morgan fingerprint density at radius 2 is 1.21 bits per heavy atom. The van der Waals surface area contributed by atoms with Crippen LogP contribution in [0.5, 0.6) is 0 Å². The molecule has 1 aliphatic carbocycles. The van der Waals surface area contributed by atoms with Crippen LogP contribution in [-0.2, 0) is 27.1 Å². The summed E-state index contributed by atoms with van der Waals surface area (Å²) in [5.74, 6) is 0. The summed E-state index contributed by atoms with van der Waals surface area (Å²) in [6, 6.07) is 34.4. The Morgan fingerprint density at radius 1 is 0.571 bits per heavy atom. The Kier molecular flexibility index (Phi) is 7.12. The fraction of sp³-hybridized carbons (Fsp3) is 0.434. The highest BCUT2D eigenvalue weighted by molar-refractivity contribution is 6.99. The number of fused-ring (bicyclic) bond motifs is 11. The van der Waals surface area contributed by atoms with Crippen LogP contribution in [0.15, 0.2) is 84.9 Å². The van der Waals surface area contributed by atoms with E-state index in [9.17, 15) is 0 Å². The van der Waals surface area contributed by atoms with E-state index in [4.69, 9.17) is 0 Å². The van der Waals surface area contributed by atoms with Gasteiger partial charge in [0.1, 0.15) is 0 Å². The van der Waals surface area contributed by atoms with Crippen molar-refractivity contribution in [1.29, 1.82) is 0 Å². The van der Waals surface area contributed by atoms with Crippen molar-refractivity contribution in [3.05, 3.63) is 118 Å². The van der Waals surface area contributed by atoms with E-state index < -0.39 is 0 Å². The smallest absolute Gasteiger partial charge is 0.247 e. The average Bonchev–Trinajstić information content (AvgIpc) is 3.56. The monoisotopic (exact) mass is 736 g/mol. The molecule has 4 aliphatic rings. The van der Waals surface area contributed by atoms with Gasteiger partial charge in [0.2, 0.25) is 6.71 Å². The van der Waals surface area contributed by atoms with Crippen molar-refractivity contribution in [2.75, 3.05) is 4.90 Å². The van der Waals surface area contributed by atoms with E-state index in [1.807, 2.05) is 0 Å². The van der Waals surface area contributed by atoms with Gasteiger partial charge in [-0.05, 0) is 123 Å². The van der Waals surface area contributed by atoms with E-state index in [1.54, 1.807) is 11.1 Å². The van der Waals surface area contributed by atoms with Crippen molar-refractivity contribution >= 4 is 56.3 Å². The Balaban J connectivity index is 1.31. The number of rotatable bonds is 1. The minimum Gasteiger partial charge on any atom is -0.334 e. The molecule has 10 rings (SSSR count). The molecule has 0 spiro atoms. The molecule has 0 saturated heterocycles. The van der Waals surface area contributed by atoms with Gasteiger partial charge in [-0.25, -0.2) is 0 Å². The van der Waals surface area contributed by atoms with E-state index in [0.29, 0.717) is 0 Å². The van der Waals surface area contributed by atoms with Gasteiger partial charge in [0.05, 0.1) is 11.1 Å². The maximum absolute atomic E-state index is 2.79. The van der Waals surface area contributed by atoms with Crippen LogP contribution in [0.2, 0.25) is 0 Å². The molecule has 1 fully saturated rings. The Bertz CT molecular complexity index is 2650. The first-order chi connectivity index (χ1) is 26.2. The lowest BCUT2D eigenvalue weighted by Gasteiger charge is -2.51. The lowest BCUT2D eigenvalue weighted by atomic mass is 9.30. The van der Waals surface area contributed by atoms with Crippen LogP contribution in [0.3, 0.4) is 0 Å². The number of hydrogen-bond acceptors (Lipinski definition) is 1. The van der Waals surface area contributed by atoms with Crippen molar-refractivity contribution in [3.63, 3.8) is 0 Å². The van der Waals surface area contributed by atoms with Crippen LogP contribution in [0.4, 0.5) is 11.4 Å². The van der Waals surface area contributed by atoms with Crippen LogP contribution in [0, 0.1) is 0 Å². The number of benzene rings is 5. The average molecular weight is 737 g/mol. The summed E-state index contributed by atoms with van der Waals surface area (Å²) in [7, 11) is 0. The van der Waals surface area contributed by atoms with E-state index in [-0.39, 0.29) is 39.3 Å². The number of aromatic nitrogens is 1. The second-order valence-electron chi connectivity index (χ2n) is 22.2. The van der Waals surface area contributed by atoms with Gasteiger partial charge in [0.15, 0.2) is 0 Å². The lowest BCUT2D eigenvalue weighted by molar-refractivity contribution is 0.193. The lowest BCUT2D eigenvalue weighted by Crippen LogP contribution is -2.64. The zero-order valence-electron chi connectivity index (χ0n) is 36.4. The first kappa shape index (κ1) is 36.1. The molecule has 0 bridgehead atoms. The third-order valence-corrected chi connectivity index (χ3v) is 15.4. The molecule has 2 atom stereocenters. The van der Waals surface area contributed by atoms with Gasteiger partial charge in [0.25, 0.3) is 0 Å². The molecular weight excluding hydrogens is 675 g/mol. The van der Waals surface area contributed by atoms with E-state index in [0.717, 1.165) is 0 Å². The molecule has 0 N–H and O–H groups in total. The minimum atomic E-state index is -0.184. The van der Waals surface area contributed by atoms with E-state index in [2.05, 4.69) is 184 Å². The van der Waals surface area contributed by atoms with Crippen LogP contribution in [-0.4, -0.2) is 16.8 Å². The van der Waals surface area contributed by atoms with Gasteiger partial charge in [0, 0.05) is 44.2 Å². The molecule has 1 saturated carbocycles. The SMILES string of the molecule is CC(C)(C)c1ccc(N2c3ccc4c(c3C3(C)CCCCC23C)C(C)(C)c2cccc3c2B4c2cc(C(C)(C)C)cc4c5cc(C(C)(C)C)ccc5n-3c24)cc1.